The number of nitrogens with one attached hydrogen (secondary N) is 1. The fourth-order valence-electron chi connectivity index (χ4n) is 2.57. The maximum Gasteiger partial charge on any atom is 0.350 e. The minimum absolute atomic E-state index is 0.103. The second kappa shape index (κ2) is 8.57. The molecule has 0 saturated carbocycles. The van der Waals surface area contributed by atoms with E-state index in [0.29, 0.717) is 21.4 Å². The number of ether oxygens (including phenoxy) is 1. The van der Waals surface area contributed by atoms with E-state index in [9.17, 15) is 14.0 Å². The second-order valence-corrected chi connectivity index (χ2v) is 8.18. The molecule has 2 aromatic heterocycles. The largest absolute Gasteiger partial charge is 0.462 e. The molecule has 0 spiro atoms. The van der Waals surface area contributed by atoms with Crippen LogP contribution in [0.4, 0.5) is 9.52 Å². The first kappa shape index (κ1) is 20.1. The van der Waals surface area contributed by atoms with Crippen LogP contribution in [-0.2, 0) is 16.0 Å². The van der Waals surface area contributed by atoms with Gasteiger partial charge in [0.05, 0.1) is 29.4 Å². The van der Waals surface area contributed by atoms with E-state index < -0.39 is 5.97 Å². The van der Waals surface area contributed by atoms with E-state index in [1.807, 2.05) is 6.92 Å². The normalized spacial score (nSPS) is 10.7. The average Bonchev–Trinajstić information content (AvgIpc) is 3.18. The Labute approximate surface area is 169 Å². The summed E-state index contributed by atoms with van der Waals surface area (Å²) in [5.41, 5.74) is 1.93. The molecule has 9 heteroatoms. The van der Waals surface area contributed by atoms with Gasteiger partial charge in [0.1, 0.15) is 10.7 Å². The summed E-state index contributed by atoms with van der Waals surface area (Å²) in [6, 6.07) is 6.01. The van der Waals surface area contributed by atoms with E-state index in [4.69, 9.17) is 4.74 Å². The molecule has 1 amide bonds. The molecule has 0 saturated heterocycles. The van der Waals surface area contributed by atoms with Crippen LogP contribution in [0, 0.1) is 19.7 Å². The number of benzene rings is 1. The fourth-order valence-corrected chi connectivity index (χ4v) is 4.40. The third-order valence-corrected chi connectivity index (χ3v) is 5.77. The summed E-state index contributed by atoms with van der Waals surface area (Å²) in [7, 11) is 0. The molecule has 2 heterocycles. The molecule has 28 heavy (non-hydrogen) atoms. The molecule has 0 atom stereocenters. The molecule has 1 N–H and O–H groups in total. The number of halogens is 1. The Kier molecular flexibility index (Phi) is 6.15. The van der Waals surface area contributed by atoms with Gasteiger partial charge in [0.25, 0.3) is 0 Å². The van der Waals surface area contributed by atoms with Crippen molar-refractivity contribution in [3.05, 3.63) is 50.5 Å². The van der Waals surface area contributed by atoms with E-state index in [-0.39, 0.29) is 24.8 Å². The molecule has 6 nitrogen and oxygen atoms in total. The molecule has 1 aromatic carbocycles. The van der Waals surface area contributed by atoms with E-state index in [0.717, 1.165) is 26.8 Å². The predicted molar refractivity (Wildman–Crippen MR) is 107 cm³/mol. The highest BCUT2D eigenvalue weighted by atomic mass is 32.1. The second-order valence-electron chi connectivity index (χ2n) is 5.89. The van der Waals surface area contributed by atoms with Gasteiger partial charge in [0, 0.05) is 10.4 Å². The number of nitrogens with zero attached hydrogens (tertiary/aromatic N) is 2. The number of rotatable bonds is 6. The van der Waals surface area contributed by atoms with Crippen LogP contribution >= 0.6 is 22.7 Å². The van der Waals surface area contributed by atoms with Crippen molar-refractivity contribution in [3.8, 4) is 11.3 Å². The van der Waals surface area contributed by atoms with Gasteiger partial charge in [0.15, 0.2) is 5.13 Å². The summed E-state index contributed by atoms with van der Waals surface area (Å²) >= 11 is 2.50. The summed E-state index contributed by atoms with van der Waals surface area (Å²) in [5, 5.41) is 3.88. The smallest absolute Gasteiger partial charge is 0.350 e. The van der Waals surface area contributed by atoms with Crippen molar-refractivity contribution in [1.82, 2.24) is 9.97 Å². The minimum atomic E-state index is -0.449. The summed E-state index contributed by atoms with van der Waals surface area (Å²) in [6.45, 7) is 5.55. The van der Waals surface area contributed by atoms with Gasteiger partial charge in [-0.1, -0.05) is 11.3 Å². The van der Waals surface area contributed by atoms with Gasteiger partial charge in [-0.3, -0.25) is 4.79 Å². The predicted octanol–water partition coefficient (Wildman–Crippen LogP) is 4.38. The van der Waals surface area contributed by atoms with Crippen LogP contribution < -0.4 is 5.32 Å². The van der Waals surface area contributed by atoms with Gasteiger partial charge in [-0.05, 0) is 45.0 Å². The van der Waals surface area contributed by atoms with Gasteiger partial charge >= 0.3 is 5.97 Å². The SMILES string of the molecule is CCOC(=O)c1sc(NC(=O)Cc2sc(C)nc2-c2ccc(F)cc2)nc1C. The molecule has 0 unspecified atom stereocenters. The lowest BCUT2D eigenvalue weighted by Gasteiger charge is -2.03. The third kappa shape index (κ3) is 4.60. The lowest BCUT2D eigenvalue weighted by molar-refractivity contribution is -0.115. The Balaban J connectivity index is 1.75. The zero-order valence-electron chi connectivity index (χ0n) is 15.5. The molecule has 0 radical (unpaired) electrons. The Morgan fingerprint density at radius 2 is 1.86 bits per heavy atom. The number of amides is 1. The van der Waals surface area contributed by atoms with Crippen molar-refractivity contribution < 1.29 is 18.7 Å². The number of hydrogen-bond donors (Lipinski definition) is 1. The van der Waals surface area contributed by atoms with Crippen molar-refractivity contribution in [2.45, 2.75) is 27.2 Å². The molecule has 0 bridgehead atoms. The Bertz CT molecular complexity index is 1010. The highest BCUT2D eigenvalue weighted by Crippen LogP contribution is 2.29. The molecule has 0 aliphatic heterocycles. The van der Waals surface area contributed by atoms with Gasteiger partial charge in [-0.2, -0.15) is 0 Å². The topological polar surface area (TPSA) is 81.2 Å². The van der Waals surface area contributed by atoms with Crippen LogP contribution in [-0.4, -0.2) is 28.5 Å². The lowest BCUT2D eigenvalue weighted by Crippen LogP contribution is -2.14. The van der Waals surface area contributed by atoms with Gasteiger partial charge < -0.3 is 10.1 Å². The van der Waals surface area contributed by atoms with E-state index in [2.05, 4.69) is 15.3 Å². The van der Waals surface area contributed by atoms with Crippen LogP contribution in [0.2, 0.25) is 0 Å². The van der Waals surface area contributed by atoms with E-state index in [1.165, 1.54) is 23.5 Å². The minimum Gasteiger partial charge on any atom is -0.462 e. The van der Waals surface area contributed by atoms with Crippen LogP contribution in [0.3, 0.4) is 0 Å². The summed E-state index contributed by atoms with van der Waals surface area (Å²) < 4.78 is 18.2. The number of carbonyl (C=O) groups is 2. The van der Waals surface area contributed by atoms with Gasteiger partial charge in [0.2, 0.25) is 5.91 Å². The summed E-state index contributed by atoms with van der Waals surface area (Å²) in [6.07, 6.45) is 0.103. The van der Waals surface area contributed by atoms with Crippen molar-refractivity contribution in [1.29, 1.82) is 0 Å². The van der Waals surface area contributed by atoms with Gasteiger partial charge in [-0.25, -0.2) is 19.2 Å². The molecule has 3 aromatic rings. The zero-order chi connectivity index (χ0) is 20.3. The maximum absolute atomic E-state index is 13.2. The molecule has 3 rings (SSSR count). The molecule has 0 aliphatic rings. The average molecular weight is 420 g/mol. The lowest BCUT2D eigenvalue weighted by atomic mass is 10.1. The number of aromatic nitrogens is 2. The van der Waals surface area contributed by atoms with Crippen LogP contribution in [0.1, 0.15) is 32.2 Å². The first-order valence-corrected chi connectivity index (χ1v) is 10.2. The highest BCUT2D eigenvalue weighted by molar-refractivity contribution is 7.17. The standard InChI is InChI=1S/C19H18FN3O3S2/c1-4-26-18(25)17-10(2)21-19(28-17)23-15(24)9-14-16(22-11(3)27-14)12-5-7-13(20)8-6-12/h5-8H,4,9H2,1-3H3,(H,21,23,24). The summed E-state index contributed by atoms with van der Waals surface area (Å²) in [5.74, 6) is -1.04. The van der Waals surface area contributed by atoms with Crippen molar-refractivity contribution in [2.75, 3.05) is 11.9 Å². The van der Waals surface area contributed by atoms with Crippen LogP contribution in [0.25, 0.3) is 11.3 Å². The van der Waals surface area contributed by atoms with Gasteiger partial charge in [-0.15, -0.1) is 11.3 Å². The molecule has 146 valence electrons. The van der Waals surface area contributed by atoms with Crippen molar-refractivity contribution in [3.63, 3.8) is 0 Å². The number of anilines is 1. The number of aryl methyl sites for hydroxylation is 2. The zero-order valence-corrected chi connectivity index (χ0v) is 17.2. The van der Waals surface area contributed by atoms with E-state index in [1.54, 1.807) is 26.0 Å². The Morgan fingerprint density at radius 1 is 1.14 bits per heavy atom. The molecular weight excluding hydrogens is 401 g/mol. The maximum atomic E-state index is 13.2. The molecule has 0 fully saturated rings. The monoisotopic (exact) mass is 419 g/mol. The van der Waals surface area contributed by atoms with Crippen LogP contribution in [0.5, 0.6) is 0 Å². The van der Waals surface area contributed by atoms with E-state index >= 15 is 0 Å². The third-order valence-electron chi connectivity index (χ3n) is 3.75. The number of carbonyl (C=O) groups excluding carboxylic acids is 2. The Morgan fingerprint density at radius 3 is 2.54 bits per heavy atom. The first-order valence-electron chi connectivity index (χ1n) is 8.54. The van der Waals surface area contributed by atoms with Crippen molar-refractivity contribution >= 4 is 39.7 Å². The summed E-state index contributed by atoms with van der Waals surface area (Å²) in [4.78, 5) is 34.2. The number of esters is 1. The fraction of sp³-hybridized carbons (Fsp3) is 0.263. The number of hydrogen-bond acceptors (Lipinski definition) is 7. The molecular formula is C19H18FN3O3S2. The Hall–Kier alpha value is -2.65. The molecule has 0 aliphatic carbocycles. The van der Waals surface area contributed by atoms with Crippen molar-refractivity contribution in [2.24, 2.45) is 0 Å². The highest BCUT2D eigenvalue weighted by Gasteiger charge is 2.19. The number of thiazole rings is 2. The quantitative estimate of drug-likeness (QED) is 0.600. The first-order chi connectivity index (χ1) is 13.4. The van der Waals surface area contributed by atoms with Crippen LogP contribution in [0.15, 0.2) is 24.3 Å².